The van der Waals surface area contributed by atoms with Gasteiger partial charge in [-0.25, -0.2) is 0 Å². The zero-order valence-corrected chi connectivity index (χ0v) is 11.3. The molecule has 87 valence electrons. The highest BCUT2D eigenvalue weighted by Crippen LogP contribution is 2.27. The maximum atomic E-state index is 5.43. The summed E-state index contributed by atoms with van der Waals surface area (Å²) in [7, 11) is 0. The Morgan fingerprint density at radius 3 is 1.69 bits per heavy atom. The van der Waals surface area contributed by atoms with Crippen LogP contribution in [0.2, 0.25) is 0 Å². The first-order valence-corrected chi connectivity index (χ1v) is 6.10. The van der Waals surface area contributed by atoms with Crippen LogP contribution >= 0.6 is 0 Å². The molecule has 0 spiro atoms. The van der Waals surface area contributed by atoms with Crippen molar-refractivity contribution in [2.75, 3.05) is 0 Å². The molecule has 0 saturated heterocycles. The third-order valence-electron chi connectivity index (χ3n) is 3.95. The summed E-state index contributed by atoms with van der Waals surface area (Å²) in [6, 6.07) is 0. The molecule has 0 N–H and O–H groups in total. The van der Waals surface area contributed by atoms with Crippen molar-refractivity contribution < 1.29 is 0 Å². The van der Waals surface area contributed by atoms with Gasteiger partial charge in [0.05, 0.1) is 0 Å². The smallest absolute Gasteiger partial charge is 0.0270 e. The molecule has 0 aliphatic rings. The Bertz CT molecular complexity index is 368. The van der Waals surface area contributed by atoms with E-state index in [1.165, 1.54) is 33.4 Å². The number of hydrogen-bond donors (Lipinski definition) is 0. The highest BCUT2D eigenvalue weighted by Gasteiger charge is 2.11. The molecule has 1 rings (SSSR count). The molecule has 16 heavy (non-hydrogen) atoms. The first-order valence-electron chi connectivity index (χ1n) is 6.10. The molecular formula is C16H23. The first-order chi connectivity index (χ1) is 7.50. The van der Waals surface area contributed by atoms with Crippen LogP contribution in [0.25, 0.3) is 0 Å². The van der Waals surface area contributed by atoms with Crippen LogP contribution in [0.1, 0.15) is 46.2 Å². The Hall–Kier alpha value is -1.04. The van der Waals surface area contributed by atoms with E-state index in [-0.39, 0.29) is 0 Å². The van der Waals surface area contributed by atoms with E-state index in [1.807, 2.05) is 0 Å². The number of rotatable bonds is 4. The Morgan fingerprint density at radius 2 is 1.25 bits per heavy atom. The van der Waals surface area contributed by atoms with Crippen molar-refractivity contribution in [1.82, 2.24) is 0 Å². The van der Waals surface area contributed by atoms with Crippen LogP contribution in [-0.2, 0) is 6.42 Å². The van der Waals surface area contributed by atoms with Crippen LogP contribution in [0.3, 0.4) is 0 Å². The summed E-state index contributed by atoms with van der Waals surface area (Å²) in [5.74, 6) is 0. The largest absolute Gasteiger partial charge is 0.0845 e. The summed E-state index contributed by atoms with van der Waals surface area (Å²) in [6.45, 7) is 16.6. The van der Waals surface area contributed by atoms with Gasteiger partial charge in [0.2, 0.25) is 0 Å². The maximum Gasteiger partial charge on any atom is -0.0270 e. The van der Waals surface area contributed by atoms with Gasteiger partial charge in [-0.1, -0.05) is 12.7 Å². The fourth-order valence-electron chi connectivity index (χ4n) is 2.35. The summed E-state index contributed by atoms with van der Waals surface area (Å²) in [4.78, 5) is 0. The van der Waals surface area contributed by atoms with Crippen molar-refractivity contribution in [2.24, 2.45) is 0 Å². The minimum absolute atomic E-state index is 1.00. The number of allylic oxidation sites excluding steroid dienone is 1. The summed E-state index contributed by atoms with van der Waals surface area (Å²) >= 11 is 0. The molecule has 1 aromatic carbocycles. The summed E-state index contributed by atoms with van der Waals surface area (Å²) in [5, 5.41) is 0. The molecule has 0 aliphatic carbocycles. The predicted octanol–water partition coefficient (Wildman–Crippen LogP) is 4.54. The molecule has 1 radical (unpaired) electrons. The predicted molar refractivity (Wildman–Crippen MR) is 71.9 cm³/mol. The molecule has 0 unspecified atom stereocenters. The van der Waals surface area contributed by atoms with Gasteiger partial charge in [0, 0.05) is 0 Å². The lowest BCUT2D eigenvalue weighted by molar-refractivity contribution is 0.827. The van der Waals surface area contributed by atoms with Crippen LogP contribution in [-0.4, -0.2) is 0 Å². The highest BCUT2D eigenvalue weighted by molar-refractivity contribution is 5.49. The normalized spacial score (nSPS) is 10.6. The minimum Gasteiger partial charge on any atom is -0.0845 e. The van der Waals surface area contributed by atoms with Gasteiger partial charge in [0.1, 0.15) is 0 Å². The van der Waals surface area contributed by atoms with Gasteiger partial charge in [-0.15, -0.1) is 0 Å². The van der Waals surface area contributed by atoms with E-state index < -0.39 is 0 Å². The van der Waals surface area contributed by atoms with Crippen molar-refractivity contribution in [2.45, 2.75) is 53.9 Å². The van der Waals surface area contributed by atoms with E-state index in [0.717, 1.165) is 19.3 Å². The topological polar surface area (TPSA) is 0 Å². The lowest BCUT2D eigenvalue weighted by Crippen LogP contribution is -2.02. The second kappa shape index (κ2) is 5.34. The monoisotopic (exact) mass is 215 g/mol. The molecule has 0 bridgehead atoms. The van der Waals surface area contributed by atoms with E-state index in [0.29, 0.717) is 0 Å². The van der Waals surface area contributed by atoms with E-state index in [1.54, 1.807) is 6.08 Å². The summed E-state index contributed by atoms with van der Waals surface area (Å²) in [5.41, 5.74) is 8.83. The number of unbranched alkanes of at least 4 members (excludes halogenated alkanes) is 1. The van der Waals surface area contributed by atoms with E-state index in [4.69, 9.17) is 6.58 Å². The van der Waals surface area contributed by atoms with Gasteiger partial charge in [-0.2, -0.15) is 0 Å². The maximum absolute atomic E-state index is 5.43. The van der Waals surface area contributed by atoms with E-state index in [9.17, 15) is 0 Å². The first kappa shape index (κ1) is 13.0. The third kappa shape index (κ3) is 2.37. The average Bonchev–Trinajstić information content (AvgIpc) is 2.28. The van der Waals surface area contributed by atoms with Crippen molar-refractivity contribution in [1.29, 1.82) is 0 Å². The zero-order valence-electron chi connectivity index (χ0n) is 11.3. The van der Waals surface area contributed by atoms with Crippen LogP contribution in [0, 0.1) is 41.2 Å². The van der Waals surface area contributed by atoms with Crippen LogP contribution in [0.5, 0.6) is 0 Å². The second-order valence-electron chi connectivity index (χ2n) is 4.73. The third-order valence-corrected chi connectivity index (χ3v) is 3.95. The van der Waals surface area contributed by atoms with Gasteiger partial charge in [-0.3, -0.25) is 0 Å². The lowest BCUT2D eigenvalue weighted by Gasteiger charge is -2.18. The van der Waals surface area contributed by atoms with Crippen LogP contribution < -0.4 is 0 Å². The van der Waals surface area contributed by atoms with E-state index in [2.05, 4.69) is 34.6 Å². The molecule has 0 saturated carbocycles. The zero-order chi connectivity index (χ0) is 12.3. The van der Waals surface area contributed by atoms with Gasteiger partial charge in [0.25, 0.3) is 0 Å². The Kier molecular flexibility index (Phi) is 4.35. The molecule has 0 heteroatoms. The molecular weight excluding hydrogens is 192 g/mol. The fourth-order valence-corrected chi connectivity index (χ4v) is 2.35. The Balaban J connectivity index is 3.13. The molecule has 0 fully saturated rings. The van der Waals surface area contributed by atoms with Crippen LogP contribution in [0.15, 0.2) is 6.08 Å². The van der Waals surface area contributed by atoms with Crippen molar-refractivity contribution >= 4 is 0 Å². The standard InChI is InChI=1S/C16H23/c1-7-8-9-10-16-14(5)12(3)11(2)13(4)15(16)6/h1,7H,8-10H2,2-6H3. The fraction of sp³-hybridized carbons (Fsp3) is 0.500. The quantitative estimate of drug-likeness (QED) is 0.647. The SMILES string of the molecule is [CH]=CCCCc1c(C)c(C)c(C)c(C)c1C. The Morgan fingerprint density at radius 1 is 0.812 bits per heavy atom. The van der Waals surface area contributed by atoms with Crippen LogP contribution in [0.4, 0.5) is 0 Å². The number of hydrogen-bond acceptors (Lipinski definition) is 0. The molecule has 0 atom stereocenters. The van der Waals surface area contributed by atoms with E-state index >= 15 is 0 Å². The highest BCUT2D eigenvalue weighted by atomic mass is 14.2. The second-order valence-corrected chi connectivity index (χ2v) is 4.73. The lowest BCUT2D eigenvalue weighted by atomic mass is 9.87. The average molecular weight is 215 g/mol. The van der Waals surface area contributed by atoms with Crippen molar-refractivity contribution in [3.05, 3.63) is 46.0 Å². The molecule has 0 nitrogen and oxygen atoms in total. The molecule has 0 amide bonds. The minimum atomic E-state index is 1.00. The molecule has 0 aromatic heterocycles. The van der Waals surface area contributed by atoms with Gasteiger partial charge >= 0.3 is 0 Å². The molecule has 0 heterocycles. The molecule has 1 aromatic rings. The number of benzene rings is 1. The molecule has 0 aliphatic heterocycles. The van der Waals surface area contributed by atoms with Gasteiger partial charge in [-0.05, 0) is 87.3 Å². The summed E-state index contributed by atoms with van der Waals surface area (Å²) < 4.78 is 0. The van der Waals surface area contributed by atoms with Crippen molar-refractivity contribution in [3.8, 4) is 0 Å². The van der Waals surface area contributed by atoms with Gasteiger partial charge in [0.15, 0.2) is 0 Å². The summed E-state index contributed by atoms with van der Waals surface area (Å²) in [6.07, 6.45) is 5.07. The van der Waals surface area contributed by atoms with Crippen molar-refractivity contribution in [3.63, 3.8) is 0 Å². The Labute approximate surface area is 100 Å². The van der Waals surface area contributed by atoms with Gasteiger partial charge < -0.3 is 0 Å².